The lowest BCUT2D eigenvalue weighted by atomic mass is 9.77. The second kappa shape index (κ2) is 8.25. The number of nitrogens with one attached hydrogen (secondary N) is 2. The van der Waals surface area contributed by atoms with Gasteiger partial charge in [0.15, 0.2) is 0 Å². The monoisotopic (exact) mass is 429 g/mol. The Morgan fingerprint density at radius 1 is 1.28 bits per heavy atom. The molecular weight excluding hydrogens is 407 g/mol. The van der Waals surface area contributed by atoms with Gasteiger partial charge in [0, 0.05) is 4.90 Å². The van der Waals surface area contributed by atoms with Crippen molar-refractivity contribution < 1.29 is 27.6 Å². The zero-order valence-corrected chi connectivity index (χ0v) is 16.7. The van der Waals surface area contributed by atoms with E-state index in [-0.39, 0.29) is 10.6 Å². The van der Waals surface area contributed by atoms with Crippen LogP contribution in [0, 0.1) is 5.92 Å². The fourth-order valence-electron chi connectivity index (χ4n) is 3.60. The number of rotatable bonds is 5. The molecule has 0 unspecified atom stereocenters. The molecule has 1 aromatic rings. The number of urea groups is 1. The lowest BCUT2D eigenvalue weighted by Gasteiger charge is -2.33. The first kappa shape index (κ1) is 21.5. The molecule has 1 spiro atoms. The molecule has 1 saturated heterocycles. The highest BCUT2D eigenvalue weighted by molar-refractivity contribution is 7.99. The highest BCUT2D eigenvalue weighted by atomic mass is 32.2. The standard InChI is InChI=1S/C19H22F3N3O3S/c1-12-6-8-18(9-7-12)16(27)25(17(28)24-18)10-15(26)23-13-4-2-3-5-14(13)29-11-19(20,21)22/h2-5,12H,6-11H2,1H3,(H,23,26)(H,24,28). The summed E-state index contributed by atoms with van der Waals surface area (Å²) in [5.41, 5.74) is -0.732. The topological polar surface area (TPSA) is 78.5 Å². The molecule has 2 aliphatic rings. The Bertz CT molecular complexity index is 807. The summed E-state index contributed by atoms with van der Waals surface area (Å²) in [5.74, 6) is -1.67. The van der Waals surface area contributed by atoms with E-state index in [0.29, 0.717) is 30.5 Å². The molecule has 2 fully saturated rings. The highest BCUT2D eigenvalue weighted by Gasteiger charge is 2.52. The minimum absolute atomic E-state index is 0.208. The van der Waals surface area contributed by atoms with E-state index in [1.807, 2.05) is 0 Å². The summed E-state index contributed by atoms with van der Waals surface area (Å²) in [6.07, 6.45) is -1.64. The maximum absolute atomic E-state index is 12.8. The minimum Gasteiger partial charge on any atom is -0.324 e. The molecule has 1 heterocycles. The van der Waals surface area contributed by atoms with Crippen LogP contribution < -0.4 is 10.6 Å². The van der Waals surface area contributed by atoms with Crippen LogP contribution in [-0.4, -0.2) is 46.8 Å². The molecule has 0 bridgehead atoms. The van der Waals surface area contributed by atoms with Gasteiger partial charge >= 0.3 is 12.2 Å². The molecule has 1 aromatic carbocycles. The maximum Gasteiger partial charge on any atom is 0.398 e. The molecule has 3 rings (SSSR count). The van der Waals surface area contributed by atoms with E-state index in [0.717, 1.165) is 17.7 Å². The molecular formula is C19H22F3N3O3S. The van der Waals surface area contributed by atoms with Gasteiger partial charge in [-0.3, -0.25) is 14.5 Å². The predicted molar refractivity (Wildman–Crippen MR) is 102 cm³/mol. The summed E-state index contributed by atoms with van der Waals surface area (Å²) in [6.45, 7) is 1.60. The first-order valence-corrected chi connectivity index (χ1v) is 10.3. The number of hydrogen-bond donors (Lipinski definition) is 2. The van der Waals surface area contributed by atoms with Crippen LogP contribution >= 0.6 is 11.8 Å². The normalized spacial score (nSPS) is 24.7. The summed E-state index contributed by atoms with van der Waals surface area (Å²) in [5, 5.41) is 5.25. The molecule has 0 atom stereocenters. The van der Waals surface area contributed by atoms with Crippen LogP contribution in [-0.2, 0) is 9.59 Å². The van der Waals surface area contributed by atoms with E-state index in [1.165, 1.54) is 12.1 Å². The maximum atomic E-state index is 12.8. The van der Waals surface area contributed by atoms with Crippen LogP contribution in [0.25, 0.3) is 0 Å². The second-order valence-electron chi connectivity index (χ2n) is 7.53. The van der Waals surface area contributed by atoms with Crippen LogP contribution in [0.15, 0.2) is 29.2 Å². The largest absolute Gasteiger partial charge is 0.398 e. The Morgan fingerprint density at radius 3 is 2.59 bits per heavy atom. The summed E-state index contributed by atoms with van der Waals surface area (Å²) in [7, 11) is 0. The van der Waals surface area contributed by atoms with E-state index < -0.39 is 41.9 Å². The zero-order chi connectivity index (χ0) is 21.2. The van der Waals surface area contributed by atoms with Crippen molar-refractivity contribution >= 4 is 35.3 Å². The van der Waals surface area contributed by atoms with Gasteiger partial charge in [-0.2, -0.15) is 13.2 Å². The first-order valence-electron chi connectivity index (χ1n) is 9.32. The molecule has 0 radical (unpaired) electrons. The molecule has 2 N–H and O–H groups in total. The Morgan fingerprint density at radius 2 is 1.93 bits per heavy atom. The Labute approximate surface area is 170 Å². The van der Waals surface area contributed by atoms with E-state index in [2.05, 4.69) is 17.6 Å². The molecule has 1 aliphatic carbocycles. The smallest absolute Gasteiger partial charge is 0.324 e. The third-order valence-corrected chi connectivity index (χ3v) is 6.37. The number of para-hydroxylation sites is 1. The fraction of sp³-hybridized carbons (Fsp3) is 0.526. The predicted octanol–water partition coefficient (Wildman–Crippen LogP) is 3.78. The van der Waals surface area contributed by atoms with Crippen molar-refractivity contribution in [3.63, 3.8) is 0 Å². The van der Waals surface area contributed by atoms with Crippen molar-refractivity contribution in [3.05, 3.63) is 24.3 Å². The Balaban J connectivity index is 1.64. The van der Waals surface area contributed by atoms with Gasteiger partial charge in [-0.05, 0) is 43.7 Å². The number of halogens is 3. The number of nitrogens with zero attached hydrogens (tertiary/aromatic N) is 1. The quantitative estimate of drug-likeness (QED) is 0.552. The third kappa shape index (κ3) is 5.04. The number of carbonyl (C=O) groups excluding carboxylic acids is 3. The number of amides is 4. The van der Waals surface area contributed by atoms with E-state index >= 15 is 0 Å². The Kier molecular flexibility index (Phi) is 6.11. The molecule has 0 aromatic heterocycles. The van der Waals surface area contributed by atoms with Gasteiger partial charge in [-0.15, -0.1) is 11.8 Å². The SMILES string of the molecule is CC1CCC2(CC1)NC(=O)N(CC(=O)Nc1ccccc1SCC(F)(F)F)C2=O. The highest BCUT2D eigenvalue weighted by Crippen LogP contribution is 2.36. The number of imide groups is 1. The van der Waals surface area contributed by atoms with E-state index in [4.69, 9.17) is 0 Å². The van der Waals surface area contributed by atoms with Gasteiger partial charge in [-0.25, -0.2) is 4.79 Å². The van der Waals surface area contributed by atoms with Crippen LogP contribution in [0.3, 0.4) is 0 Å². The van der Waals surface area contributed by atoms with Crippen molar-refractivity contribution in [2.75, 3.05) is 17.6 Å². The fourth-order valence-corrected chi connectivity index (χ4v) is 4.37. The summed E-state index contributed by atoms with van der Waals surface area (Å²) < 4.78 is 37.5. The van der Waals surface area contributed by atoms with Gasteiger partial charge < -0.3 is 10.6 Å². The van der Waals surface area contributed by atoms with Crippen LogP contribution in [0.4, 0.5) is 23.7 Å². The third-order valence-electron chi connectivity index (χ3n) is 5.23. The van der Waals surface area contributed by atoms with Crippen LogP contribution in [0.2, 0.25) is 0 Å². The summed E-state index contributed by atoms with van der Waals surface area (Å²) >= 11 is 0.558. The van der Waals surface area contributed by atoms with Crippen molar-refractivity contribution in [3.8, 4) is 0 Å². The van der Waals surface area contributed by atoms with Gasteiger partial charge in [0.2, 0.25) is 5.91 Å². The molecule has 1 aliphatic heterocycles. The lowest BCUT2D eigenvalue weighted by molar-refractivity contribution is -0.135. The first-order chi connectivity index (χ1) is 13.6. The van der Waals surface area contributed by atoms with Crippen molar-refractivity contribution in [1.29, 1.82) is 0 Å². The zero-order valence-electron chi connectivity index (χ0n) is 15.8. The second-order valence-corrected chi connectivity index (χ2v) is 8.55. The Hall–Kier alpha value is -2.23. The molecule has 29 heavy (non-hydrogen) atoms. The van der Waals surface area contributed by atoms with Gasteiger partial charge in [-0.1, -0.05) is 19.1 Å². The molecule has 10 heteroatoms. The average Bonchev–Trinajstić information content (AvgIpc) is 2.87. The number of alkyl halides is 3. The summed E-state index contributed by atoms with van der Waals surface area (Å²) in [6, 6.07) is 5.49. The van der Waals surface area contributed by atoms with Crippen molar-refractivity contribution in [2.45, 2.75) is 49.2 Å². The van der Waals surface area contributed by atoms with Crippen LogP contribution in [0.5, 0.6) is 0 Å². The number of thioether (sulfide) groups is 1. The summed E-state index contributed by atoms with van der Waals surface area (Å²) in [4.78, 5) is 38.7. The van der Waals surface area contributed by atoms with E-state index in [9.17, 15) is 27.6 Å². The van der Waals surface area contributed by atoms with Gasteiger partial charge in [0.25, 0.3) is 5.91 Å². The number of anilines is 1. The van der Waals surface area contributed by atoms with Crippen molar-refractivity contribution in [1.82, 2.24) is 10.2 Å². The molecule has 1 saturated carbocycles. The molecule has 158 valence electrons. The lowest BCUT2D eigenvalue weighted by Crippen LogP contribution is -2.49. The molecule has 4 amide bonds. The van der Waals surface area contributed by atoms with Crippen molar-refractivity contribution in [2.24, 2.45) is 5.92 Å². The number of benzene rings is 1. The average molecular weight is 429 g/mol. The van der Waals surface area contributed by atoms with Crippen LogP contribution in [0.1, 0.15) is 32.6 Å². The van der Waals surface area contributed by atoms with Gasteiger partial charge in [0.1, 0.15) is 12.1 Å². The number of hydrogen-bond acceptors (Lipinski definition) is 4. The van der Waals surface area contributed by atoms with E-state index in [1.54, 1.807) is 12.1 Å². The molecule has 6 nitrogen and oxygen atoms in total. The number of carbonyl (C=O) groups is 3. The minimum atomic E-state index is -4.34. The van der Waals surface area contributed by atoms with Gasteiger partial charge in [0.05, 0.1) is 11.4 Å².